The number of nitrogens with one attached hydrogen (secondary N) is 2. The van der Waals surface area contributed by atoms with Crippen molar-refractivity contribution in [2.75, 3.05) is 23.3 Å². The standard InChI is InChI=1S/C36H33Cl2N5O5S/c1-23(17-26-13-12-25(24-7-4-3-5-8-24)18-32(26)40-36(45)48-2)11-16-34-39-33(30-15-14-27(37)19-31(30)38)21-42(34)28-9-6-10-29(20-28)43-22-35(44)41-49(43,46)47/h3-10,12-15,18-21,23H,11,16-17,22H2,1-2H3,(H,40,45)(H,41,44). The third-order valence-electron chi connectivity index (χ3n) is 8.27. The first-order valence-corrected chi connectivity index (χ1v) is 17.7. The van der Waals surface area contributed by atoms with E-state index < -0.39 is 22.2 Å². The molecule has 1 aliphatic rings. The lowest BCUT2D eigenvalue weighted by atomic mass is 9.93. The smallest absolute Gasteiger partial charge is 0.411 e. The van der Waals surface area contributed by atoms with Crippen LogP contribution in [-0.4, -0.2) is 43.6 Å². The molecule has 6 rings (SSSR count). The number of nitrogens with zero attached hydrogens (tertiary/aromatic N) is 3. The Bertz CT molecular complexity index is 2140. The number of rotatable bonds is 10. The lowest BCUT2D eigenvalue weighted by Crippen LogP contribution is -2.29. The summed E-state index contributed by atoms with van der Waals surface area (Å²) in [5, 5.41) is 3.83. The number of hydrogen-bond acceptors (Lipinski definition) is 6. The van der Waals surface area contributed by atoms with Crippen molar-refractivity contribution < 1.29 is 22.7 Å². The third-order valence-corrected chi connectivity index (χ3v) is 10.2. The minimum atomic E-state index is -3.98. The number of aryl methyl sites for hydroxylation is 1. The minimum absolute atomic E-state index is 0.173. The lowest BCUT2D eigenvalue weighted by molar-refractivity contribution is -0.117. The second-order valence-corrected chi connectivity index (χ2v) is 14.2. The van der Waals surface area contributed by atoms with Gasteiger partial charge >= 0.3 is 16.3 Å². The third kappa shape index (κ3) is 7.75. The monoisotopic (exact) mass is 717 g/mol. The van der Waals surface area contributed by atoms with Crippen LogP contribution in [-0.2, 0) is 32.6 Å². The van der Waals surface area contributed by atoms with Crippen molar-refractivity contribution in [1.29, 1.82) is 0 Å². The van der Waals surface area contributed by atoms with E-state index in [4.69, 9.17) is 32.9 Å². The summed E-state index contributed by atoms with van der Waals surface area (Å²) in [5.74, 6) is 0.310. The number of imidazole rings is 1. The van der Waals surface area contributed by atoms with Crippen molar-refractivity contribution >= 4 is 56.8 Å². The number of halogens is 2. The summed E-state index contributed by atoms with van der Waals surface area (Å²) in [5.41, 5.74) is 6.00. The van der Waals surface area contributed by atoms with Crippen LogP contribution >= 0.6 is 23.2 Å². The van der Waals surface area contributed by atoms with Gasteiger partial charge in [-0.1, -0.05) is 78.7 Å². The molecule has 0 aliphatic carbocycles. The summed E-state index contributed by atoms with van der Waals surface area (Å²) in [6.07, 6.45) is 3.30. The number of anilines is 2. The van der Waals surface area contributed by atoms with Gasteiger partial charge in [0.05, 0.1) is 23.5 Å². The number of amides is 2. The largest absolute Gasteiger partial charge is 0.453 e. The maximum atomic E-state index is 12.6. The number of ether oxygens (including phenoxy) is 1. The summed E-state index contributed by atoms with van der Waals surface area (Å²) >= 11 is 12.7. The van der Waals surface area contributed by atoms with Crippen molar-refractivity contribution in [2.45, 2.75) is 26.2 Å². The van der Waals surface area contributed by atoms with Crippen LogP contribution in [0.1, 0.15) is 24.7 Å². The zero-order chi connectivity index (χ0) is 34.7. The molecule has 2 N–H and O–H groups in total. The first kappa shape index (κ1) is 34.0. The lowest BCUT2D eigenvalue weighted by Gasteiger charge is -2.18. The Balaban J connectivity index is 1.29. The Morgan fingerprint density at radius 2 is 1.76 bits per heavy atom. The highest BCUT2D eigenvalue weighted by Gasteiger charge is 2.34. The van der Waals surface area contributed by atoms with Crippen LogP contribution in [0.5, 0.6) is 0 Å². The van der Waals surface area contributed by atoms with E-state index in [0.717, 1.165) is 33.2 Å². The van der Waals surface area contributed by atoms with Crippen LogP contribution in [0.15, 0.2) is 97.2 Å². The van der Waals surface area contributed by atoms with Crippen molar-refractivity contribution in [3.63, 3.8) is 0 Å². The molecule has 1 atom stereocenters. The fourth-order valence-electron chi connectivity index (χ4n) is 5.82. The van der Waals surface area contributed by atoms with E-state index in [1.54, 1.807) is 30.3 Å². The van der Waals surface area contributed by atoms with E-state index in [9.17, 15) is 18.0 Å². The normalized spacial score (nSPS) is 14.4. The molecule has 4 aromatic carbocycles. The van der Waals surface area contributed by atoms with Crippen LogP contribution in [0.2, 0.25) is 10.0 Å². The highest BCUT2D eigenvalue weighted by Crippen LogP contribution is 2.33. The average Bonchev–Trinajstić information content (AvgIpc) is 3.63. The number of methoxy groups -OCH3 is 1. The average molecular weight is 719 g/mol. The molecule has 2 heterocycles. The van der Waals surface area contributed by atoms with Gasteiger partial charge in [-0.25, -0.2) is 18.8 Å². The second-order valence-electron chi connectivity index (χ2n) is 11.8. The molecular weight excluding hydrogens is 685 g/mol. The van der Waals surface area contributed by atoms with Crippen LogP contribution in [0.4, 0.5) is 16.2 Å². The van der Waals surface area contributed by atoms with Crippen molar-refractivity contribution in [3.05, 3.63) is 119 Å². The zero-order valence-electron chi connectivity index (χ0n) is 26.7. The van der Waals surface area contributed by atoms with Gasteiger partial charge in [0, 0.05) is 34.6 Å². The molecule has 1 fully saturated rings. The van der Waals surface area contributed by atoms with Gasteiger partial charge < -0.3 is 9.30 Å². The molecule has 0 radical (unpaired) electrons. The second kappa shape index (κ2) is 14.3. The highest BCUT2D eigenvalue weighted by molar-refractivity contribution is 7.92. The quantitative estimate of drug-likeness (QED) is 0.153. The molecule has 1 unspecified atom stereocenters. The predicted molar refractivity (Wildman–Crippen MR) is 193 cm³/mol. The SMILES string of the molecule is COC(=O)Nc1cc(-c2ccccc2)ccc1CC(C)CCc1nc(-c2ccc(Cl)cc2Cl)cn1-c1cccc(N2CC(=O)NS2(=O)=O)c1. The molecule has 0 saturated carbocycles. The van der Waals surface area contributed by atoms with Gasteiger partial charge in [0.2, 0.25) is 0 Å². The van der Waals surface area contributed by atoms with Crippen LogP contribution in [0.25, 0.3) is 28.1 Å². The highest BCUT2D eigenvalue weighted by atomic mass is 35.5. The zero-order valence-corrected chi connectivity index (χ0v) is 29.0. The molecule has 1 aromatic heterocycles. The molecule has 0 bridgehead atoms. The Labute approximate surface area is 294 Å². The van der Waals surface area contributed by atoms with Gasteiger partial charge in [-0.3, -0.25) is 10.1 Å². The Kier molecular flexibility index (Phi) is 9.96. The Morgan fingerprint density at radius 1 is 0.980 bits per heavy atom. The minimum Gasteiger partial charge on any atom is -0.453 e. The van der Waals surface area contributed by atoms with E-state index in [2.05, 4.69) is 12.2 Å². The van der Waals surface area contributed by atoms with Crippen LogP contribution in [0, 0.1) is 5.92 Å². The fourth-order valence-corrected chi connectivity index (χ4v) is 7.46. The summed E-state index contributed by atoms with van der Waals surface area (Å²) in [7, 11) is -2.65. The van der Waals surface area contributed by atoms with Gasteiger partial charge in [0.1, 0.15) is 12.4 Å². The van der Waals surface area contributed by atoms with Crippen molar-refractivity contribution in [1.82, 2.24) is 14.3 Å². The number of carbonyl (C=O) groups excluding carboxylic acids is 2. The summed E-state index contributed by atoms with van der Waals surface area (Å²) < 4.78 is 35.0. The predicted octanol–water partition coefficient (Wildman–Crippen LogP) is 7.68. The molecule has 2 amide bonds. The summed E-state index contributed by atoms with van der Waals surface area (Å²) in [4.78, 5) is 29.1. The first-order valence-electron chi connectivity index (χ1n) is 15.5. The molecule has 0 spiro atoms. The molecule has 5 aromatic rings. The molecule has 49 heavy (non-hydrogen) atoms. The number of hydrogen-bond donors (Lipinski definition) is 2. The first-order chi connectivity index (χ1) is 23.5. The topological polar surface area (TPSA) is 123 Å². The van der Waals surface area contributed by atoms with E-state index in [0.29, 0.717) is 51.2 Å². The van der Waals surface area contributed by atoms with Gasteiger partial charge in [0.15, 0.2) is 0 Å². The molecule has 1 saturated heterocycles. The van der Waals surface area contributed by atoms with Gasteiger partial charge in [-0.2, -0.15) is 8.42 Å². The summed E-state index contributed by atoms with van der Waals surface area (Å²) in [6.45, 7) is 1.84. The van der Waals surface area contributed by atoms with Gasteiger partial charge in [-0.05, 0) is 77.9 Å². The van der Waals surface area contributed by atoms with Crippen LogP contribution < -0.4 is 14.3 Å². The molecule has 13 heteroatoms. The number of aromatic nitrogens is 2. The number of carbonyl (C=O) groups is 2. The Hall–Kier alpha value is -4.84. The van der Waals surface area contributed by atoms with E-state index in [1.807, 2.05) is 76.1 Å². The maximum absolute atomic E-state index is 12.6. The molecule has 1 aliphatic heterocycles. The molecular formula is C36H33Cl2N5O5S. The van der Waals surface area contributed by atoms with E-state index in [-0.39, 0.29) is 12.5 Å². The molecule has 10 nitrogen and oxygen atoms in total. The Morgan fingerprint density at radius 3 is 2.47 bits per heavy atom. The van der Waals surface area contributed by atoms with Crippen molar-refractivity contribution in [3.8, 4) is 28.1 Å². The summed E-state index contributed by atoms with van der Waals surface area (Å²) in [6, 6.07) is 28.1. The fraction of sp³-hybridized carbons (Fsp3) is 0.194. The van der Waals surface area contributed by atoms with Gasteiger partial charge in [0.25, 0.3) is 5.91 Å². The van der Waals surface area contributed by atoms with Crippen LogP contribution in [0.3, 0.4) is 0 Å². The maximum Gasteiger partial charge on any atom is 0.411 e. The van der Waals surface area contributed by atoms with Crippen molar-refractivity contribution in [2.24, 2.45) is 5.92 Å². The van der Waals surface area contributed by atoms with E-state index in [1.165, 1.54) is 7.11 Å². The van der Waals surface area contributed by atoms with Gasteiger partial charge in [-0.15, -0.1) is 0 Å². The van der Waals surface area contributed by atoms with E-state index >= 15 is 0 Å². The molecule has 252 valence electrons. The number of benzene rings is 4.